The van der Waals surface area contributed by atoms with Crippen LogP contribution in [-0.2, 0) is 21.2 Å². The quantitative estimate of drug-likeness (QED) is 0.666. The topological polar surface area (TPSA) is 70.6 Å². The van der Waals surface area contributed by atoms with Crippen molar-refractivity contribution in [3.8, 4) is 0 Å². The standard InChI is InChI=1S/C23H31N3O3S/c1-19(2)26(21-8-7-15-24-18-21)23(27)14-11-20-9-12-22(13-10-20)30(28,29)25-16-5-3-4-6-17-25/h7-10,12-13,15,18-19H,3-6,11,14,16-17H2,1-2H3. The van der Waals surface area contributed by atoms with Gasteiger partial charge in [-0.3, -0.25) is 9.78 Å². The van der Waals surface area contributed by atoms with Crippen LogP contribution in [0.5, 0.6) is 0 Å². The van der Waals surface area contributed by atoms with Gasteiger partial charge in [0.1, 0.15) is 0 Å². The number of benzene rings is 1. The average molecular weight is 430 g/mol. The van der Waals surface area contributed by atoms with Crippen LogP contribution in [0.15, 0.2) is 53.7 Å². The van der Waals surface area contributed by atoms with E-state index in [1.54, 1.807) is 33.7 Å². The van der Waals surface area contributed by atoms with E-state index in [1.165, 1.54) is 0 Å². The van der Waals surface area contributed by atoms with Crippen molar-refractivity contribution < 1.29 is 13.2 Å². The smallest absolute Gasteiger partial charge is 0.243 e. The number of anilines is 1. The molecule has 6 nitrogen and oxygen atoms in total. The summed E-state index contributed by atoms with van der Waals surface area (Å²) in [6.45, 7) is 5.15. The van der Waals surface area contributed by atoms with Gasteiger partial charge in [0, 0.05) is 31.7 Å². The molecule has 1 aromatic heterocycles. The monoisotopic (exact) mass is 429 g/mol. The van der Waals surface area contributed by atoms with Gasteiger partial charge in [0.15, 0.2) is 0 Å². The van der Waals surface area contributed by atoms with Gasteiger partial charge < -0.3 is 4.90 Å². The highest BCUT2D eigenvalue weighted by molar-refractivity contribution is 7.89. The molecule has 2 heterocycles. The van der Waals surface area contributed by atoms with Crippen LogP contribution < -0.4 is 4.90 Å². The summed E-state index contributed by atoms with van der Waals surface area (Å²) in [7, 11) is -3.44. The second-order valence-electron chi connectivity index (χ2n) is 8.03. The Bertz CT molecular complexity index is 920. The van der Waals surface area contributed by atoms with E-state index < -0.39 is 10.0 Å². The minimum absolute atomic E-state index is 0.0271. The van der Waals surface area contributed by atoms with Crippen molar-refractivity contribution in [1.29, 1.82) is 0 Å². The lowest BCUT2D eigenvalue weighted by atomic mass is 10.1. The fourth-order valence-electron chi connectivity index (χ4n) is 3.86. The molecule has 1 amide bonds. The van der Waals surface area contributed by atoms with Crippen molar-refractivity contribution in [2.45, 2.75) is 63.3 Å². The van der Waals surface area contributed by atoms with Gasteiger partial charge in [-0.05, 0) is 62.9 Å². The first-order chi connectivity index (χ1) is 14.4. The van der Waals surface area contributed by atoms with Crippen LogP contribution in [0.3, 0.4) is 0 Å². The maximum absolute atomic E-state index is 12.9. The second kappa shape index (κ2) is 10.2. The van der Waals surface area contributed by atoms with Gasteiger partial charge >= 0.3 is 0 Å². The van der Waals surface area contributed by atoms with Crippen LogP contribution >= 0.6 is 0 Å². The Morgan fingerprint density at radius 2 is 1.73 bits per heavy atom. The van der Waals surface area contributed by atoms with E-state index in [1.807, 2.05) is 38.1 Å². The Morgan fingerprint density at radius 1 is 1.07 bits per heavy atom. The summed E-state index contributed by atoms with van der Waals surface area (Å²) >= 11 is 0. The maximum Gasteiger partial charge on any atom is 0.243 e. The van der Waals surface area contributed by atoms with Crippen LogP contribution in [0.25, 0.3) is 0 Å². The third-order valence-corrected chi connectivity index (χ3v) is 7.38. The number of amides is 1. The van der Waals surface area contributed by atoms with Crippen LogP contribution in [0.2, 0.25) is 0 Å². The summed E-state index contributed by atoms with van der Waals surface area (Å²) < 4.78 is 27.4. The summed E-state index contributed by atoms with van der Waals surface area (Å²) in [5.41, 5.74) is 1.74. The summed E-state index contributed by atoms with van der Waals surface area (Å²) in [5.74, 6) is 0.0271. The molecule has 3 rings (SSSR count). The van der Waals surface area contributed by atoms with Gasteiger partial charge in [0.05, 0.1) is 16.8 Å². The first-order valence-corrected chi connectivity index (χ1v) is 12.1. The molecule has 0 radical (unpaired) electrons. The number of carbonyl (C=O) groups is 1. The van der Waals surface area contributed by atoms with E-state index in [-0.39, 0.29) is 11.9 Å². The molecular weight excluding hydrogens is 398 g/mol. The Labute approximate surface area is 180 Å². The molecule has 0 aliphatic carbocycles. The lowest BCUT2D eigenvalue weighted by Crippen LogP contribution is -2.37. The van der Waals surface area contributed by atoms with E-state index in [0.717, 1.165) is 36.9 Å². The van der Waals surface area contributed by atoms with Crippen molar-refractivity contribution in [3.63, 3.8) is 0 Å². The van der Waals surface area contributed by atoms with Crippen LogP contribution in [0.1, 0.15) is 51.5 Å². The van der Waals surface area contributed by atoms with Crippen molar-refractivity contribution in [1.82, 2.24) is 9.29 Å². The average Bonchev–Trinajstić information content (AvgIpc) is 3.03. The molecule has 0 atom stereocenters. The van der Waals surface area contributed by atoms with Crippen LogP contribution in [0, 0.1) is 0 Å². The van der Waals surface area contributed by atoms with E-state index in [4.69, 9.17) is 0 Å². The number of hydrogen-bond acceptors (Lipinski definition) is 4. The lowest BCUT2D eigenvalue weighted by molar-refractivity contribution is -0.118. The van der Waals surface area contributed by atoms with E-state index in [0.29, 0.717) is 30.8 Å². The second-order valence-corrected chi connectivity index (χ2v) is 9.97. The van der Waals surface area contributed by atoms with Crippen LogP contribution in [-0.4, -0.2) is 42.7 Å². The molecule has 0 saturated carbocycles. The zero-order chi connectivity index (χ0) is 21.6. The third kappa shape index (κ3) is 5.46. The number of rotatable bonds is 7. The predicted octanol–water partition coefficient (Wildman–Crippen LogP) is 4.02. The summed E-state index contributed by atoms with van der Waals surface area (Å²) in [6, 6.07) is 10.7. The Hall–Kier alpha value is -2.25. The van der Waals surface area contributed by atoms with Gasteiger partial charge in [-0.25, -0.2) is 8.42 Å². The molecule has 0 bridgehead atoms. The van der Waals surface area contributed by atoms with E-state index in [2.05, 4.69) is 4.98 Å². The first kappa shape index (κ1) is 22.4. The third-order valence-electron chi connectivity index (χ3n) is 5.46. The fraction of sp³-hybridized carbons (Fsp3) is 0.478. The number of hydrogen-bond donors (Lipinski definition) is 0. The number of pyridine rings is 1. The lowest BCUT2D eigenvalue weighted by Gasteiger charge is -2.26. The molecule has 1 saturated heterocycles. The van der Waals surface area contributed by atoms with Crippen molar-refractivity contribution in [2.24, 2.45) is 0 Å². The zero-order valence-electron chi connectivity index (χ0n) is 17.8. The molecule has 162 valence electrons. The molecule has 0 N–H and O–H groups in total. The molecular formula is C23H31N3O3S. The van der Waals surface area contributed by atoms with Crippen molar-refractivity contribution >= 4 is 21.6 Å². The molecule has 30 heavy (non-hydrogen) atoms. The number of aryl methyl sites for hydroxylation is 1. The Kier molecular flexibility index (Phi) is 7.61. The highest BCUT2D eigenvalue weighted by Crippen LogP contribution is 2.22. The first-order valence-electron chi connectivity index (χ1n) is 10.7. The minimum atomic E-state index is -3.44. The van der Waals surface area contributed by atoms with Crippen molar-refractivity contribution in [3.05, 3.63) is 54.4 Å². The predicted molar refractivity (Wildman–Crippen MR) is 119 cm³/mol. The number of sulfonamides is 1. The van der Waals surface area contributed by atoms with E-state index in [9.17, 15) is 13.2 Å². The molecule has 1 fully saturated rings. The minimum Gasteiger partial charge on any atom is -0.308 e. The molecule has 1 aliphatic heterocycles. The highest BCUT2D eigenvalue weighted by Gasteiger charge is 2.25. The normalized spacial score (nSPS) is 15.7. The van der Waals surface area contributed by atoms with E-state index >= 15 is 0 Å². The Balaban J connectivity index is 1.64. The molecule has 1 aromatic carbocycles. The summed E-state index contributed by atoms with van der Waals surface area (Å²) in [5, 5.41) is 0. The molecule has 0 spiro atoms. The molecule has 7 heteroatoms. The number of nitrogens with zero attached hydrogens (tertiary/aromatic N) is 3. The SMILES string of the molecule is CC(C)N(C(=O)CCc1ccc(S(=O)(=O)N2CCCCCC2)cc1)c1cccnc1. The highest BCUT2D eigenvalue weighted by atomic mass is 32.2. The Morgan fingerprint density at radius 3 is 2.30 bits per heavy atom. The number of aromatic nitrogens is 1. The van der Waals surface area contributed by atoms with Gasteiger partial charge in [-0.15, -0.1) is 0 Å². The molecule has 2 aromatic rings. The fourth-order valence-corrected chi connectivity index (χ4v) is 5.37. The van der Waals surface area contributed by atoms with Crippen LogP contribution in [0.4, 0.5) is 5.69 Å². The summed E-state index contributed by atoms with van der Waals surface area (Å²) in [6.07, 6.45) is 8.31. The van der Waals surface area contributed by atoms with Gasteiger partial charge in [0.2, 0.25) is 15.9 Å². The van der Waals surface area contributed by atoms with Gasteiger partial charge in [-0.2, -0.15) is 4.31 Å². The van der Waals surface area contributed by atoms with Gasteiger partial charge in [0.25, 0.3) is 0 Å². The maximum atomic E-state index is 12.9. The van der Waals surface area contributed by atoms with Crippen molar-refractivity contribution in [2.75, 3.05) is 18.0 Å². The van der Waals surface area contributed by atoms with Gasteiger partial charge in [-0.1, -0.05) is 25.0 Å². The largest absolute Gasteiger partial charge is 0.308 e. The number of carbonyl (C=O) groups excluding carboxylic acids is 1. The summed E-state index contributed by atoms with van der Waals surface area (Å²) in [4.78, 5) is 19.0. The molecule has 1 aliphatic rings. The zero-order valence-corrected chi connectivity index (χ0v) is 18.6. The molecule has 0 unspecified atom stereocenters.